The molecule has 0 saturated heterocycles. The van der Waals surface area contributed by atoms with Crippen LogP contribution in [0.4, 0.5) is 0 Å². The maximum Gasteiger partial charge on any atom is 0.272 e. The largest absolute Gasteiger partial charge is 0.326 e. The second-order valence-corrected chi connectivity index (χ2v) is 7.41. The van der Waals surface area contributed by atoms with Crippen molar-refractivity contribution in [2.45, 2.75) is 57.3 Å². The normalized spacial score (nSPS) is 31.5. The first-order valence-electron chi connectivity index (χ1n) is 5.68. The van der Waals surface area contributed by atoms with Gasteiger partial charge in [0.1, 0.15) is 0 Å². The van der Waals surface area contributed by atoms with Crippen molar-refractivity contribution in [3.05, 3.63) is 0 Å². The number of rotatable bonds is 4. The first-order valence-corrected chi connectivity index (χ1v) is 7.38. The zero-order valence-electron chi connectivity index (χ0n) is 9.90. The van der Waals surface area contributed by atoms with Crippen molar-refractivity contribution in [1.29, 1.82) is 0 Å². The maximum atomic E-state index is 12.3. The van der Waals surface area contributed by atoms with Gasteiger partial charge in [0.25, 0.3) is 7.52 Å². The highest BCUT2D eigenvalue weighted by atomic mass is 31.2. The summed E-state index contributed by atoms with van der Waals surface area (Å²) in [7, 11) is -1.21. The van der Waals surface area contributed by atoms with Crippen LogP contribution < -0.4 is 10.8 Å². The van der Waals surface area contributed by atoms with E-state index in [4.69, 9.17) is 10.3 Å². The number of nitrogens with two attached hydrogens (primary N) is 1. The average Bonchev–Trinajstić information content (AvgIpc) is 2.21. The zero-order chi connectivity index (χ0) is 11.5. The van der Waals surface area contributed by atoms with E-state index < -0.39 is 7.52 Å². The summed E-state index contributed by atoms with van der Waals surface area (Å²) in [6, 6.07) is 0.257. The summed E-state index contributed by atoms with van der Waals surface area (Å²) in [5.74, 6) is 0. The quantitative estimate of drug-likeness (QED) is 0.731. The molecule has 0 heterocycles. The molecule has 5 heteroatoms. The topological polar surface area (TPSA) is 64.3 Å². The van der Waals surface area contributed by atoms with Gasteiger partial charge in [0.15, 0.2) is 0 Å². The molecule has 0 radical (unpaired) electrons. The standard InChI is InChI=1S/C10H23N2O2P/c1-8(2)15(13,14-3)12-10-7-5-4-6-9(10)11/h8-10H,4-7,11H2,1-3H3,(H,12,13). The van der Waals surface area contributed by atoms with Crippen molar-refractivity contribution < 1.29 is 9.09 Å². The van der Waals surface area contributed by atoms with Crippen molar-refractivity contribution in [2.24, 2.45) is 5.73 Å². The van der Waals surface area contributed by atoms with E-state index in [9.17, 15) is 4.57 Å². The van der Waals surface area contributed by atoms with Crippen LogP contribution in [0, 0.1) is 0 Å². The number of hydrogen-bond donors (Lipinski definition) is 2. The summed E-state index contributed by atoms with van der Waals surface area (Å²) in [5.41, 5.74) is 6.00. The van der Waals surface area contributed by atoms with Gasteiger partial charge in [-0.25, -0.2) is 5.09 Å². The third-order valence-electron chi connectivity index (χ3n) is 3.12. The highest BCUT2D eigenvalue weighted by Gasteiger charge is 2.32. The molecule has 1 saturated carbocycles. The van der Waals surface area contributed by atoms with E-state index in [2.05, 4.69) is 5.09 Å². The molecule has 0 bridgehead atoms. The van der Waals surface area contributed by atoms with Gasteiger partial charge in [-0.05, 0) is 12.8 Å². The van der Waals surface area contributed by atoms with Crippen molar-refractivity contribution in [1.82, 2.24) is 5.09 Å². The van der Waals surface area contributed by atoms with Crippen LogP contribution in [-0.4, -0.2) is 24.9 Å². The minimum absolute atomic E-state index is 0.00312. The molecule has 3 N–H and O–H groups in total. The Morgan fingerprint density at radius 2 is 2.00 bits per heavy atom. The summed E-state index contributed by atoms with van der Waals surface area (Å²) in [4.78, 5) is 0. The predicted octanol–water partition coefficient (Wildman–Crippen LogP) is 2.09. The predicted molar refractivity (Wildman–Crippen MR) is 63.1 cm³/mol. The lowest BCUT2D eigenvalue weighted by Crippen LogP contribution is -2.46. The molecule has 4 nitrogen and oxygen atoms in total. The number of nitrogens with one attached hydrogen (secondary N) is 1. The Hall–Kier alpha value is 0.110. The summed E-state index contributed by atoms with van der Waals surface area (Å²) in [6.45, 7) is 3.82. The Labute approximate surface area is 92.5 Å². The summed E-state index contributed by atoms with van der Waals surface area (Å²) < 4.78 is 17.4. The van der Waals surface area contributed by atoms with E-state index in [1.807, 2.05) is 13.8 Å². The smallest absolute Gasteiger partial charge is 0.272 e. The molecule has 1 aliphatic carbocycles. The third-order valence-corrected chi connectivity index (χ3v) is 5.71. The molecule has 3 unspecified atom stereocenters. The fourth-order valence-corrected chi connectivity index (χ4v) is 3.57. The lowest BCUT2D eigenvalue weighted by atomic mass is 9.92. The average molecular weight is 234 g/mol. The van der Waals surface area contributed by atoms with Crippen molar-refractivity contribution in [2.75, 3.05) is 7.11 Å². The van der Waals surface area contributed by atoms with Crippen molar-refractivity contribution in [3.8, 4) is 0 Å². The molecule has 1 rings (SSSR count). The second kappa shape index (κ2) is 5.44. The van der Waals surface area contributed by atoms with E-state index in [-0.39, 0.29) is 17.7 Å². The Kier molecular flexibility index (Phi) is 4.78. The van der Waals surface area contributed by atoms with Crippen LogP contribution in [0.2, 0.25) is 0 Å². The van der Waals surface area contributed by atoms with Crippen molar-refractivity contribution in [3.63, 3.8) is 0 Å². The monoisotopic (exact) mass is 234 g/mol. The van der Waals surface area contributed by atoms with Gasteiger partial charge in [-0.2, -0.15) is 0 Å². The van der Waals surface area contributed by atoms with Crippen LogP contribution in [0.3, 0.4) is 0 Å². The van der Waals surface area contributed by atoms with Crippen LogP contribution in [0.25, 0.3) is 0 Å². The van der Waals surface area contributed by atoms with Crippen LogP contribution in [-0.2, 0) is 9.09 Å². The zero-order valence-corrected chi connectivity index (χ0v) is 10.8. The molecule has 0 amide bonds. The lowest BCUT2D eigenvalue weighted by Gasteiger charge is -2.33. The third kappa shape index (κ3) is 3.28. The minimum Gasteiger partial charge on any atom is -0.326 e. The Morgan fingerprint density at radius 3 is 2.47 bits per heavy atom. The van der Waals surface area contributed by atoms with E-state index in [0.29, 0.717) is 0 Å². The molecule has 90 valence electrons. The molecule has 1 fully saturated rings. The maximum absolute atomic E-state index is 12.3. The van der Waals surface area contributed by atoms with Gasteiger partial charge in [-0.15, -0.1) is 0 Å². The number of hydrogen-bond acceptors (Lipinski definition) is 3. The SMILES string of the molecule is COP(=O)(NC1CCCCC1N)C(C)C. The molecule has 15 heavy (non-hydrogen) atoms. The van der Waals surface area contributed by atoms with Gasteiger partial charge in [-0.1, -0.05) is 26.7 Å². The van der Waals surface area contributed by atoms with Gasteiger partial charge >= 0.3 is 0 Å². The minimum atomic E-state index is -2.71. The van der Waals surface area contributed by atoms with Crippen LogP contribution in [0.15, 0.2) is 0 Å². The molecule has 0 aromatic rings. The molecule has 0 spiro atoms. The lowest BCUT2D eigenvalue weighted by molar-refractivity contribution is 0.323. The molecule has 0 aromatic carbocycles. The van der Waals surface area contributed by atoms with Gasteiger partial charge in [0.2, 0.25) is 0 Å². The van der Waals surface area contributed by atoms with Gasteiger partial charge in [-0.3, -0.25) is 4.57 Å². The Balaban J connectivity index is 2.61. The molecule has 1 aliphatic rings. The molecule has 0 aromatic heterocycles. The molecular formula is C10H23N2O2P. The Morgan fingerprint density at radius 1 is 1.40 bits per heavy atom. The fourth-order valence-electron chi connectivity index (χ4n) is 1.96. The summed E-state index contributed by atoms with van der Waals surface area (Å²) in [5, 5.41) is 3.14. The van der Waals surface area contributed by atoms with E-state index >= 15 is 0 Å². The van der Waals surface area contributed by atoms with Gasteiger partial charge in [0, 0.05) is 24.9 Å². The second-order valence-electron chi connectivity index (χ2n) is 4.56. The molecule has 3 atom stereocenters. The van der Waals surface area contributed by atoms with E-state index in [0.717, 1.165) is 19.3 Å². The molecular weight excluding hydrogens is 211 g/mol. The summed E-state index contributed by atoms with van der Waals surface area (Å²) >= 11 is 0. The van der Waals surface area contributed by atoms with Gasteiger partial charge in [0.05, 0.1) is 0 Å². The highest BCUT2D eigenvalue weighted by Crippen LogP contribution is 2.47. The van der Waals surface area contributed by atoms with Crippen LogP contribution in [0.1, 0.15) is 39.5 Å². The van der Waals surface area contributed by atoms with E-state index in [1.165, 1.54) is 13.5 Å². The van der Waals surface area contributed by atoms with E-state index in [1.54, 1.807) is 0 Å². The Bertz CT molecular complexity index is 246. The first-order chi connectivity index (χ1) is 6.99. The summed E-state index contributed by atoms with van der Waals surface area (Å²) in [6.07, 6.45) is 4.35. The van der Waals surface area contributed by atoms with Gasteiger partial charge < -0.3 is 10.3 Å². The van der Waals surface area contributed by atoms with Crippen LogP contribution in [0.5, 0.6) is 0 Å². The van der Waals surface area contributed by atoms with Crippen LogP contribution >= 0.6 is 7.52 Å². The fraction of sp³-hybridized carbons (Fsp3) is 1.00. The van der Waals surface area contributed by atoms with Crippen molar-refractivity contribution >= 4 is 7.52 Å². The highest BCUT2D eigenvalue weighted by molar-refractivity contribution is 7.57. The molecule has 0 aliphatic heterocycles. The first kappa shape index (κ1) is 13.2.